The molecule has 0 fully saturated rings. The molecule has 0 spiro atoms. The molecule has 0 aliphatic rings. The van der Waals surface area contributed by atoms with E-state index in [9.17, 15) is 9.18 Å². The van der Waals surface area contributed by atoms with Gasteiger partial charge < -0.3 is 5.32 Å². The van der Waals surface area contributed by atoms with Crippen molar-refractivity contribution in [2.24, 2.45) is 0 Å². The van der Waals surface area contributed by atoms with E-state index in [0.717, 1.165) is 29.8 Å². The van der Waals surface area contributed by atoms with E-state index >= 15 is 0 Å². The van der Waals surface area contributed by atoms with Gasteiger partial charge >= 0.3 is 0 Å². The molecule has 0 atom stereocenters. The summed E-state index contributed by atoms with van der Waals surface area (Å²) in [6, 6.07) is 7.90. The number of nitrogens with one attached hydrogen (secondary N) is 1. The standard InChI is InChI=1S/C16H18FN3O/c1-4-6-15-14(19-16(21)12(3)17)10-18-20(15)13-8-5-7-11(2)9-13/h5,7-10H,3-4,6H2,1-2H3,(H,19,21). The third-order valence-electron chi connectivity index (χ3n) is 3.10. The number of anilines is 1. The van der Waals surface area contributed by atoms with Gasteiger partial charge in [0.1, 0.15) is 0 Å². The van der Waals surface area contributed by atoms with Crippen LogP contribution in [0.2, 0.25) is 0 Å². The van der Waals surface area contributed by atoms with Gasteiger partial charge in [-0.1, -0.05) is 32.1 Å². The van der Waals surface area contributed by atoms with E-state index in [1.165, 1.54) is 6.20 Å². The Labute approximate surface area is 123 Å². The Bertz CT molecular complexity index is 676. The maximum Gasteiger partial charge on any atom is 0.283 e. The van der Waals surface area contributed by atoms with Gasteiger partial charge in [0.15, 0.2) is 5.83 Å². The number of benzene rings is 1. The fourth-order valence-corrected chi connectivity index (χ4v) is 2.13. The highest BCUT2D eigenvalue weighted by Crippen LogP contribution is 2.22. The summed E-state index contributed by atoms with van der Waals surface area (Å²) < 4.78 is 14.6. The molecule has 0 saturated carbocycles. The first-order valence-corrected chi connectivity index (χ1v) is 6.82. The zero-order valence-electron chi connectivity index (χ0n) is 12.2. The Morgan fingerprint density at radius 1 is 1.48 bits per heavy atom. The Morgan fingerprint density at radius 2 is 2.24 bits per heavy atom. The smallest absolute Gasteiger partial charge is 0.283 e. The van der Waals surface area contributed by atoms with Gasteiger partial charge in [0.2, 0.25) is 0 Å². The van der Waals surface area contributed by atoms with Crippen LogP contribution in [0.3, 0.4) is 0 Å². The summed E-state index contributed by atoms with van der Waals surface area (Å²) in [6.07, 6.45) is 3.15. The highest BCUT2D eigenvalue weighted by molar-refractivity contribution is 6.01. The van der Waals surface area contributed by atoms with Crippen molar-refractivity contribution in [3.8, 4) is 5.69 Å². The number of halogens is 1. The van der Waals surface area contributed by atoms with Gasteiger partial charge in [0.25, 0.3) is 5.91 Å². The van der Waals surface area contributed by atoms with Crippen LogP contribution in [0.15, 0.2) is 42.9 Å². The zero-order chi connectivity index (χ0) is 15.4. The molecule has 4 nitrogen and oxygen atoms in total. The SMILES string of the molecule is C=C(F)C(=O)Nc1cnn(-c2cccc(C)c2)c1CCC. The minimum absolute atomic E-state index is 0.516. The molecule has 0 bridgehead atoms. The monoisotopic (exact) mass is 287 g/mol. The van der Waals surface area contributed by atoms with E-state index in [0.29, 0.717) is 5.69 Å². The first-order valence-electron chi connectivity index (χ1n) is 6.82. The second kappa shape index (κ2) is 6.35. The fraction of sp³-hybridized carbons (Fsp3) is 0.250. The molecule has 1 amide bonds. The Hall–Kier alpha value is -2.43. The molecule has 0 unspecified atom stereocenters. The van der Waals surface area contributed by atoms with Crippen molar-refractivity contribution in [1.82, 2.24) is 9.78 Å². The highest BCUT2D eigenvalue weighted by Gasteiger charge is 2.15. The van der Waals surface area contributed by atoms with Crippen molar-refractivity contribution in [3.05, 3.63) is 54.1 Å². The van der Waals surface area contributed by atoms with Crippen LogP contribution in [0, 0.1) is 6.92 Å². The van der Waals surface area contributed by atoms with Crippen molar-refractivity contribution in [1.29, 1.82) is 0 Å². The molecular formula is C16H18FN3O. The number of aryl methyl sites for hydroxylation is 1. The summed E-state index contributed by atoms with van der Waals surface area (Å²) in [5.41, 5.74) is 3.39. The van der Waals surface area contributed by atoms with Crippen molar-refractivity contribution in [3.63, 3.8) is 0 Å². The number of aromatic nitrogens is 2. The van der Waals surface area contributed by atoms with Crippen molar-refractivity contribution in [2.45, 2.75) is 26.7 Å². The second-order valence-corrected chi connectivity index (χ2v) is 4.86. The molecule has 2 rings (SSSR count). The van der Waals surface area contributed by atoms with Gasteiger partial charge in [-0.3, -0.25) is 4.79 Å². The quantitative estimate of drug-likeness (QED) is 0.855. The van der Waals surface area contributed by atoms with Crippen molar-refractivity contribution >= 4 is 11.6 Å². The lowest BCUT2D eigenvalue weighted by Crippen LogP contribution is -2.13. The van der Waals surface area contributed by atoms with E-state index in [2.05, 4.69) is 17.0 Å². The average Bonchev–Trinajstić information content (AvgIpc) is 2.82. The van der Waals surface area contributed by atoms with Crippen molar-refractivity contribution < 1.29 is 9.18 Å². The van der Waals surface area contributed by atoms with Gasteiger partial charge in [-0.15, -0.1) is 0 Å². The third kappa shape index (κ3) is 3.37. The summed E-state index contributed by atoms with van der Waals surface area (Å²) in [7, 11) is 0. The molecule has 0 aliphatic heterocycles. The summed E-state index contributed by atoms with van der Waals surface area (Å²) in [5.74, 6) is -1.85. The van der Waals surface area contributed by atoms with Crippen LogP contribution in [0.5, 0.6) is 0 Å². The van der Waals surface area contributed by atoms with Crippen LogP contribution in [0.4, 0.5) is 10.1 Å². The lowest BCUT2D eigenvalue weighted by molar-refractivity contribution is -0.114. The minimum atomic E-state index is -1.01. The Balaban J connectivity index is 2.41. The van der Waals surface area contributed by atoms with E-state index < -0.39 is 11.7 Å². The average molecular weight is 287 g/mol. The molecule has 1 heterocycles. The van der Waals surface area contributed by atoms with E-state index in [-0.39, 0.29) is 0 Å². The van der Waals surface area contributed by atoms with Crippen LogP contribution in [0.25, 0.3) is 5.69 Å². The molecule has 0 saturated heterocycles. The number of rotatable bonds is 5. The van der Waals surface area contributed by atoms with Gasteiger partial charge in [-0.05, 0) is 31.0 Å². The number of amides is 1. The van der Waals surface area contributed by atoms with Crippen LogP contribution < -0.4 is 5.32 Å². The minimum Gasteiger partial charge on any atom is -0.317 e. The molecule has 110 valence electrons. The molecular weight excluding hydrogens is 269 g/mol. The predicted octanol–water partition coefficient (Wildman–Crippen LogP) is 3.55. The summed E-state index contributed by atoms with van der Waals surface area (Å²) >= 11 is 0. The number of hydrogen-bond acceptors (Lipinski definition) is 2. The van der Waals surface area contributed by atoms with Gasteiger partial charge in [-0.2, -0.15) is 5.10 Å². The number of hydrogen-bond donors (Lipinski definition) is 1. The molecule has 0 aliphatic carbocycles. The van der Waals surface area contributed by atoms with Crippen LogP contribution in [-0.4, -0.2) is 15.7 Å². The van der Waals surface area contributed by atoms with E-state index in [1.807, 2.05) is 38.1 Å². The van der Waals surface area contributed by atoms with Gasteiger partial charge in [-0.25, -0.2) is 9.07 Å². The molecule has 0 radical (unpaired) electrons. The number of carbonyl (C=O) groups excluding carboxylic acids is 1. The summed E-state index contributed by atoms with van der Waals surface area (Å²) in [6.45, 7) is 7.03. The normalized spacial score (nSPS) is 10.4. The topological polar surface area (TPSA) is 46.9 Å². The molecule has 2 aromatic rings. The lowest BCUT2D eigenvalue weighted by Gasteiger charge is -2.10. The fourth-order valence-electron chi connectivity index (χ4n) is 2.13. The van der Waals surface area contributed by atoms with Crippen LogP contribution in [-0.2, 0) is 11.2 Å². The van der Waals surface area contributed by atoms with Crippen molar-refractivity contribution in [2.75, 3.05) is 5.32 Å². The Morgan fingerprint density at radius 3 is 2.86 bits per heavy atom. The number of nitrogens with zero attached hydrogens (tertiary/aromatic N) is 2. The maximum atomic E-state index is 12.8. The van der Waals surface area contributed by atoms with E-state index in [1.54, 1.807) is 4.68 Å². The largest absolute Gasteiger partial charge is 0.317 e. The molecule has 1 aromatic heterocycles. The summed E-state index contributed by atoms with van der Waals surface area (Å²) in [5, 5.41) is 6.81. The van der Waals surface area contributed by atoms with E-state index in [4.69, 9.17) is 0 Å². The second-order valence-electron chi connectivity index (χ2n) is 4.86. The maximum absolute atomic E-state index is 12.8. The van der Waals surface area contributed by atoms with Crippen LogP contribution >= 0.6 is 0 Å². The molecule has 5 heteroatoms. The molecule has 1 aromatic carbocycles. The van der Waals surface area contributed by atoms with Crippen LogP contribution in [0.1, 0.15) is 24.6 Å². The summed E-state index contributed by atoms with van der Waals surface area (Å²) in [4.78, 5) is 11.4. The number of carbonyl (C=O) groups is 1. The first-order chi connectivity index (χ1) is 10.0. The van der Waals surface area contributed by atoms with Gasteiger partial charge in [0.05, 0.1) is 23.3 Å². The lowest BCUT2D eigenvalue weighted by atomic mass is 10.2. The third-order valence-corrected chi connectivity index (χ3v) is 3.10. The predicted molar refractivity (Wildman–Crippen MR) is 81.2 cm³/mol. The zero-order valence-corrected chi connectivity index (χ0v) is 12.2. The first kappa shape index (κ1) is 15.0. The van der Waals surface area contributed by atoms with Gasteiger partial charge in [0, 0.05) is 0 Å². The molecule has 21 heavy (non-hydrogen) atoms. The molecule has 1 N–H and O–H groups in total. The Kier molecular flexibility index (Phi) is 4.52. The highest BCUT2D eigenvalue weighted by atomic mass is 19.1.